The minimum absolute atomic E-state index is 0. The SMILES string of the molecule is Cl.NC1CC1NC(=O)C1CC1[N+](=O)[O-]. The van der Waals surface area contributed by atoms with Crippen molar-refractivity contribution in [2.75, 3.05) is 0 Å². The van der Waals surface area contributed by atoms with Crippen LogP contribution < -0.4 is 11.1 Å². The van der Waals surface area contributed by atoms with E-state index in [2.05, 4.69) is 5.32 Å². The van der Waals surface area contributed by atoms with E-state index in [4.69, 9.17) is 5.73 Å². The van der Waals surface area contributed by atoms with Crippen LogP contribution in [-0.4, -0.2) is 29.0 Å². The van der Waals surface area contributed by atoms with Gasteiger partial charge in [0.2, 0.25) is 11.9 Å². The van der Waals surface area contributed by atoms with Gasteiger partial charge in [-0.15, -0.1) is 12.4 Å². The van der Waals surface area contributed by atoms with Crippen LogP contribution in [0.25, 0.3) is 0 Å². The summed E-state index contributed by atoms with van der Waals surface area (Å²) in [7, 11) is 0. The summed E-state index contributed by atoms with van der Waals surface area (Å²) >= 11 is 0. The fourth-order valence-corrected chi connectivity index (χ4v) is 1.37. The third kappa shape index (κ3) is 2.13. The maximum absolute atomic E-state index is 11.2. The molecule has 14 heavy (non-hydrogen) atoms. The number of carbonyl (C=O) groups excluding carboxylic acids is 1. The Labute approximate surface area is 86.8 Å². The molecule has 0 aromatic rings. The number of nitrogens with one attached hydrogen (secondary N) is 1. The summed E-state index contributed by atoms with van der Waals surface area (Å²) < 4.78 is 0. The van der Waals surface area contributed by atoms with E-state index in [1.165, 1.54) is 0 Å². The molecule has 4 atom stereocenters. The van der Waals surface area contributed by atoms with Crippen molar-refractivity contribution in [3.05, 3.63) is 10.1 Å². The average Bonchev–Trinajstić information content (AvgIpc) is 2.86. The largest absolute Gasteiger partial charge is 0.351 e. The molecule has 2 rings (SSSR count). The lowest BCUT2D eigenvalue weighted by Gasteiger charge is -1.99. The number of rotatable bonds is 3. The number of hydrogen-bond donors (Lipinski definition) is 2. The summed E-state index contributed by atoms with van der Waals surface area (Å²) in [6.07, 6.45) is 1.17. The van der Waals surface area contributed by atoms with E-state index in [1.54, 1.807) is 0 Å². The van der Waals surface area contributed by atoms with Crippen molar-refractivity contribution in [3.63, 3.8) is 0 Å². The molecule has 6 nitrogen and oxygen atoms in total. The van der Waals surface area contributed by atoms with Crippen LogP contribution in [0.3, 0.4) is 0 Å². The van der Waals surface area contributed by atoms with E-state index < -0.39 is 16.9 Å². The molecule has 1 amide bonds. The Kier molecular flexibility index (Phi) is 2.96. The predicted molar refractivity (Wildman–Crippen MR) is 50.7 cm³/mol. The summed E-state index contributed by atoms with van der Waals surface area (Å²) in [4.78, 5) is 21.1. The molecule has 0 saturated heterocycles. The van der Waals surface area contributed by atoms with E-state index in [-0.39, 0.29) is 30.4 Å². The van der Waals surface area contributed by atoms with E-state index in [0.717, 1.165) is 6.42 Å². The first-order chi connectivity index (χ1) is 6.09. The first-order valence-corrected chi connectivity index (χ1v) is 4.29. The quantitative estimate of drug-likeness (QED) is 0.486. The van der Waals surface area contributed by atoms with Gasteiger partial charge in [0.15, 0.2) is 0 Å². The number of nitro groups is 1. The van der Waals surface area contributed by atoms with Crippen LogP contribution in [0.2, 0.25) is 0 Å². The van der Waals surface area contributed by atoms with Crippen LogP contribution in [0.15, 0.2) is 0 Å². The van der Waals surface area contributed by atoms with Gasteiger partial charge in [-0.05, 0) is 6.42 Å². The molecule has 0 aliphatic heterocycles. The highest BCUT2D eigenvalue weighted by molar-refractivity contribution is 5.85. The van der Waals surface area contributed by atoms with Gasteiger partial charge in [-0.1, -0.05) is 0 Å². The van der Waals surface area contributed by atoms with Crippen molar-refractivity contribution in [1.82, 2.24) is 5.32 Å². The summed E-state index contributed by atoms with van der Waals surface area (Å²) in [5.74, 6) is -0.623. The van der Waals surface area contributed by atoms with E-state index in [0.29, 0.717) is 6.42 Å². The van der Waals surface area contributed by atoms with Gasteiger partial charge in [0.05, 0.1) is 0 Å². The maximum atomic E-state index is 11.2. The lowest BCUT2D eigenvalue weighted by Crippen LogP contribution is -2.32. The van der Waals surface area contributed by atoms with Gasteiger partial charge in [-0.2, -0.15) is 0 Å². The second-order valence-electron chi connectivity index (χ2n) is 3.71. The van der Waals surface area contributed by atoms with Crippen LogP contribution in [0.1, 0.15) is 12.8 Å². The molecule has 80 valence electrons. The van der Waals surface area contributed by atoms with E-state index in [1.807, 2.05) is 0 Å². The molecule has 0 aromatic carbocycles. The fraction of sp³-hybridized carbons (Fsp3) is 0.857. The summed E-state index contributed by atoms with van der Waals surface area (Å²) in [6, 6.07) is -0.549. The zero-order chi connectivity index (χ0) is 9.59. The molecule has 7 heteroatoms. The maximum Gasteiger partial charge on any atom is 0.230 e. The Balaban J connectivity index is 0.000000980. The third-order valence-corrected chi connectivity index (χ3v) is 2.53. The molecule has 4 unspecified atom stereocenters. The van der Waals surface area contributed by atoms with Crippen molar-refractivity contribution in [2.24, 2.45) is 11.7 Å². The van der Waals surface area contributed by atoms with Crippen LogP contribution in [-0.2, 0) is 4.79 Å². The van der Waals surface area contributed by atoms with Crippen LogP contribution in [0.5, 0.6) is 0 Å². The van der Waals surface area contributed by atoms with Crippen molar-refractivity contribution in [3.8, 4) is 0 Å². The zero-order valence-electron chi connectivity index (χ0n) is 7.38. The summed E-state index contributed by atoms with van der Waals surface area (Å²) in [5.41, 5.74) is 5.48. The minimum atomic E-state index is -0.657. The highest BCUT2D eigenvalue weighted by atomic mass is 35.5. The molecule has 2 fully saturated rings. The molecule has 2 aliphatic rings. The normalized spacial score (nSPS) is 38.1. The van der Waals surface area contributed by atoms with E-state index >= 15 is 0 Å². The van der Waals surface area contributed by atoms with Gasteiger partial charge in [-0.3, -0.25) is 14.9 Å². The minimum Gasteiger partial charge on any atom is -0.351 e. The van der Waals surface area contributed by atoms with Gasteiger partial charge in [0, 0.05) is 23.4 Å². The average molecular weight is 222 g/mol. The first-order valence-electron chi connectivity index (χ1n) is 4.29. The second-order valence-corrected chi connectivity index (χ2v) is 3.71. The summed E-state index contributed by atoms with van der Waals surface area (Å²) in [6.45, 7) is 0. The standard InChI is InChI=1S/C7H11N3O3.ClH/c8-4-2-5(4)9-7(11)3-1-6(3)10(12)13;/h3-6H,1-2,8H2,(H,9,11);1H. The topological polar surface area (TPSA) is 98.3 Å². The van der Waals surface area contributed by atoms with Crippen LogP contribution >= 0.6 is 12.4 Å². The van der Waals surface area contributed by atoms with Crippen molar-refractivity contribution < 1.29 is 9.72 Å². The van der Waals surface area contributed by atoms with Gasteiger partial charge in [0.25, 0.3) is 0 Å². The number of halogens is 1. The molecule has 0 bridgehead atoms. The third-order valence-electron chi connectivity index (χ3n) is 2.53. The highest BCUT2D eigenvalue weighted by Crippen LogP contribution is 2.34. The molecular weight excluding hydrogens is 210 g/mol. The first kappa shape index (κ1) is 11.2. The predicted octanol–water partition coefficient (Wildman–Crippen LogP) is -0.711. The van der Waals surface area contributed by atoms with Gasteiger partial charge in [0.1, 0.15) is 5.92 Å². The lowest BCUT2D eigenvalue weighted by atomic mass is 10.3. The van der Waals surface area contributed by atoms with Crippen LogP contribution in [0, 0.1) is 16.0 Å². The number of carbonyl (C=O) groups is 1. The Morgan fingerprint density at radius 3 is 2.43 bits per heavy atom. The fourth-order valence-electron chi connectivity index (χ4n) is 1.37. The molecule has 0 spiro atoms. The van der Waals surface area contributed by atoms with Crippen molar-refractivity contribution >= 4 is 18.3 Å². The molecule has 2 aliphatic carbocycles. The molecule has 0 radical (unpaired) electrons. The van der Waals surface area contributed by atoms with Gasteiger partial charge >= 0.3 is 0 Å². The number of amides is 1. The Hall–Kier alpha value is -0.880. The summed E-state index contributed by atoms with van der Waals surface area (Å²) in [5, 5.41) is 12.9. The molecule has 3 N–H and O–H groups in total. The molecule has 2 saturated carbocycles. The molecule has 0 aromatic heterocycles. The Bertz CT molecular complexity index is 273. The Morgan fingerprint density at radius 2 is 2.07 bits per heavy atom. The number of nitrogens with zero attached hydrogens (tertiary/aromatic N) is 1. The van der Waals surface area contributed by atoms with Crippen molar-refractivity contribution in [2.45, 2.75) is 31.0 Å². The lowest BCUT2D eigenvalue weighted by molar-refractivity contribution is -0.497. The number of hydrogen-bond acceptors (Lipinski definition) is 4. The molecule has 0 heterocycles. The van der Waals surface area contributed by atoms with Crippen LogP contribution in [0.4, 0.5) is 0 Å². The highest BCUT2D eigenvalue weighted by Gasteiger charge is 2.54. The molecular formula is C7H12ClN3O3. The van der Waals surface area contributed by atoms with E-state index in [9.17, 15) is 14.9 Å². The van der Waals surface area contributed by atoms with Crippen molar-refractivity contribution in [1.29, 1.82) is 0 Å². The second kappa shape index (κ2) is 3.70. The zero-order valence-corrected chi connectivity index (χ0v) is 8.20. The monoisotopic (exact) mass is 221 g/mol. The number of nitrogens with two attached hydrogens (primary N) is 1. The smallest absolute Gasteiger partial charge is 0.230 e. The Morgan fingerprint density at radius 1 is 1.50 bits per heavy atom. The van der Waals surface area contributed by atoms with Gasteiger partial charge in [-0.25, -0.2) is 0 Å². The van der Waals surface area contributed by atoms with Gasteiger partial charge < -0.3 is 11.1 Å².